The fourth-order valence-electron chi connectivity index (χ4n) is 4.03. The molecule has 0 aliphatic carbocycles. The molecular formula is C21H38IN5OS. The normalized spacial score (nSPS) is 21.2. The Labute approximate surface area is 197 Å². The SMILES string of the molecule is CCNC(=NCC1CCN(Cc2csc(CC)n2)CC1)N(C)CC1CCOC1.I. The number of nitrogens with one attached hydrogen (secondary N) is 1. The first-order valence-electron chi connectivity index (χ1n) is 10.9. The molecule has 1 atom stereocenters. The molecule has 3 heterocycles. The molecule has 6 nitrogen and oxygen atoms in total. The van der Waals surface area contributed by atoms with Gasteiger partial charge in [-0.3, -0.25) is 9.89 Å². The summed E-state index contributed by atoms with van der Waals surface area (Å²) in [5.41, 5.74) is 1.24. The van der Waals surface area contributed by atoms with E-state index in [1.165, 1.54) is 30.0 Å². The second-order valence-corrected chi connectivity index (χ2v) is 9.05. The lowest BCUT2D eigenvalue weighted by Crippen LogP contribution is -2.42. The summed E-state index contributed by atoms with van der Waals surface area (Å²) in [6.07, 6.45) is 4.67. The molecule has 1 aromatic heterocycles. The van der Waals surface area contributed by atoms with Gasteiger partial charge in [0, 0.05) is 51.1 Å². The van der Waals surface area contributed by atoms with Crippen molar-refractivity contribution in [2.75, 3.05) is 53.0 Å². The minimum atomic E-state index is 0. The van der Waals surface area contributed by atoms with Gasteiger partial charge in [0.2, 0.25) is 0 Å². The van der Waals surface area contributed by atoms with Crippen molar-refractivity contribution in [1.29, 1.82) is 0 Å². The number of guanidine groups is 1. The number of aliphatic imine (C=N–C) groups is 1. The molecule has 1 aromatic rings. The quantitative estimate of drug-likeness (QED) is 0.314. The molecule has 0 aromatic carbocycles. The molecule has 0 amide bonds. The Bertz CT molecular complexity index is 612. The Hall–Kier alpha value is -0.450. The summed E-state index contributed by atoms with van der Waals surface area (Å²) in [6, 6.07) is 0. The Kier molecular flexibility index (Phi) is 11.2. The number of thiazole rings is 1. The predicted molar refractivity (Wildman–Crippen MR) is 132 cm³/mol. The minimum Gasteiger partial charge on any atom is -0.381 e. The molecule has 2 fully saturated rings. The summed E-state index contributed by atoms with van der Waals surface area (Å²) in [5, 5.41) is 6.94. The van der Waals surface area contributed by atoms with Crippen LogP contribution in [0.5, 0.6) is 0 Å². The number of hydrogen-bond donors (Lipinski definition) is 1. The summed E-state index contributed by atoms with van der Waals surface area (Å²) < 4.78 is 5.52. The highest BCUT2D eigenvalue weighted by molar-refractivity contribution is 14.0. The third-order valence-electron chi connectivity index (χ3n) is 5.75. The van der Waals surface area contributed by atoms with E-state index >= 15 is 0 Å². The van der Waals surface area contributed by atoms with Crippen molar-refractivity contribution in [1.82, 2.24) is 20.1 Å². The maximum Gasteiger partial charge on any atom is 0.193 e. The average Bonchev–Trinajstić information content (AvgIpc) is 3.38. The first kappa shape index (κ1) is 24.8. The predicted octanol–water partition coefficient (Wildman–Crippen LogP) is 3.47. The third kappa shape index (κ3) is 7.95. The fraction of sp³-hybridized carbons (Fsp3) is 0.810. The molecule has 8 heteroatoms. The van der Waals surface area contributed by atoms with Gasteiger partial charge in [-0.2, -0.15) is 0 Å². The molecule has 29 heavy (non-hydrogen) atoms. The topological polar surface area (TPSA) is 53.0 Å². The number of aryl methyl sites for hydroxylation is 1. The van der Waals surface area contributed by atoms with E-state index in [2.05, 4.69) is 41.4 Å². The number of aromatic nitrogens is 1. The first-order valence-corrected chi connectivity index (χ1v) is 11.8. The molecule has 3 rings (SSSR count). The molecule has 2 saturated heterocycles. The van der Waals surface area contributed by atoms with Crippen LogP contribution in [0.2, 0.25) is 0 Å². The Morgan fingerprint density at radius 3 is 2.72 bits per heavy atom. The second kappa shape index (κ2) is 13.1. The van der Waals surface area contributed by atoms with Crippen molar-refractivity contribution in [2.24, 2.45) is 16.8 Å². The van der Waals surface area contributed by atoms with E-state index in [9.17, 15) is 0 Å². The van der Waals surface area contributed by atoms with Crippen molar-refractivity contribution in [3.05, 3.63) is 16.1 Å². The van der Waals surface area contributed by atoms with Crippen LogP contribution in [0.15, 0.2) is 10.4 Å². The standard InChI is InChI=1S/C21H37N5OS.HI/c1-4-20-24-19(16-28-20)14-26-9-6-17(7-10-26)12-23-21(22-5-2)25(3)13-18-8-11-27-15-18;/h16-18H,4-15H2,1-3H3,(H,22,23);1H. The van der Waals surface area contributed by atoms with Crippen LogP contribution >= 0.6 is 35.3 Å². The summed E-state index contributed by atoms with van der Waals surface area (Å²) >= 11 is 1.79. The molecule has 0 bridgehead atoms. The van der Waals surface area contributed by atoms with E-state index in [0.717, 1.165) is 64.9 Å². The van der Waals surface area contributed by atoms with Crippen LogP contribution in [0.1, 0.15) is 43.8 Å². The third-order valence-corrected chi connectivity index (χ3v) is 6.79. The van der Waals surface area contributed by atoms with E-state index in [1.54, 1.807) is 11.3 Å². The van der Waals surface area contributed by atoms with Crippen LogP contribution in [0.25, 0.3) is 0 Å². The highest BCUT2D eigenvalue weighted by atomic mass is 127. The maximum absolute atomic E-state index is 5.52. The van der Waals surface area contributed by atoms with Crippen LogP contribution in [-0.4, -0.2) is 73.7 Å². The van der Waals surface area contributed by atoms with Gasteiger partial charge < -0.3 is 15.0 Å². The number of piperidine rings is 1. The van der Waals surface area contributed by atoms with Crippen LogP contribution in [-0.2, 0) is 17.7 Å². The zero-order chi connectivity index (χ0) is 19.8. The molecule has 166 valence electrons. The van der Waals surface area contributed by atoms with E-state index < -0.39 is 0 Å². The van der Waals surface area contributed by atoms with Crippen LogP contribution in [0.4, 0.5) is 0 Å². The number of halogens is 1. The lowest BCUT2D eigenvalue weighted by molar-refractivity contribution is 0.178. The van der Waals surface area contributed by atoms with Crippen molar-refractivity contribution >= 4 is 41.3 Å². The van der Waals surface area contributed by atoms with Crippen molar-refractivity contribution in [3.63, 3.8) is 0 Å². The van der Waals surface area contributed by atoms with Crippen molar-refractivity contribution in [3.8, 4) is 0 Å². The largest absolute Gasteiger partial charge is 0.381 e. The first-order chi connectivity index (χ1) is 13.7. The van der Waals surface area contributed by atoms with E-state index in [4.69, 9.17) is 14.7 Å². The summed E-state index contributed by atoms with van der Waals surface area (Å²) in [5.74, 6) is 2.37. The molecule has 0 radical (unpaired) electrons. The molecule has 0 saturated carbocycles. The monoisotopic (exact) mass is 535 g/mol. The Balaban J connectivity index is 0.00000300. The van der Waals surface area contributed by atoms with Gasteiger partial charge in [-0.15, -0.1) is 35.3 Å². The summed E-state index contributed by atoms with van der Waals surface area (Å²) in [6.45, 7) is 12.3. The van der Waals surface area contributed by atoms with Gasteiger partial charge in [0.15, 0.2) is 5.96 Å². The smallest absolute Gasteiger partial charge is 0.193 e. The summed E-state index contributed by atoms with van der Waals surface area (Å²) in [4.78, 5) is 14.5. The number of ether oxygens (including phenoxy) is 1. The molecule has 1 N–H and O–H groups in total. The lowest BCUT2D eigenvalue weighted by Gasteiger charge is -2.31. The van der Waals surface area contributed by atoms with Crippen molar-refractivity contribution in [2.45, 2.75) is 46.1 Å². The van der Waals surface area contributed by atoms with Gasteiger partial charge in [-0.1, -0.05) is 6.92 Å². The summed E-state index contributed by atoms with van der Waals surface area (Å²) in [7, 11) is 2.15. The Morgan fingerprint density at radius 2 is 2.10 bits per heavy atom. The minimum absolute atomic E-state index is 0. The molecule has 2 aliphatic rings. The van der Waals surface area contributed by atoms with Crippen molar-refractivity contribution < 1.29 is 4.74 Å². The van der Waals surface area contributed by atoms with Gasteiger partial charge >= 0.3 is 0 Å². The van der Waals surface area contributed by atoms with Crippen LogP contribution in [0, 0.1) is 11.8 Å². The number of likely N-dealkylation sites (tertiary alicyclic amines) is 1. The van der Waals surface area contributed by atoms with E-state index in [-0.39, 0.29) is 24.0 Å². The van der Waals surface area contributed by atoms with Gasteiger partial charge in [-0.05, 0) is 51.6 Å². The lowest BCUT2D eigenvalue weighted by atomic mass is 9.97. The zero-order valence-corrected chi connectivity index (χ0v) is 21.4. The number of nitrogens with zero attached hydrogens (tertiary/aromatic N) is 4. The fourth-order valence-corrected chi connectivity index (χ4v) is 4.76. The number of hydrogen-bond acceptors (Lipinski definition) is 5. The van der Waals surface area contributed by atoms with Crippen LogP contribution in [0.3, 0.4) is 0 Å². The van der Waals surface area contributed by atoms with Crippen LogP contribution < -0.4 is 5.32 Å². The highest BCUT2D eigenvalue weighted by Gasteiger charge is 2.22. The molecule has 2 aliphatic heterocycles. The van der Waals surface area contributed by atoms with E-state index in [1.807, 2.05) is 0 Å². The maximum atomic E-state index is 5.52. The highest BCUT2D eigenvalue weighted by Crippen LogP contribution is 2.20. The average molecular weight is 536 g/mol. The number of rotatable bonds is 8. The zero-order valence-electron chi connectivity index (χ0n) is 18.2. The van der Waals surface area contributed by atoms with Gasteiger partial charge in [0.1, 0.15) is 0 Å². The van der Waals surface area contributed by atoms with E-state index in [0.29, 0.717) is 11.8 Å². The molecule has 1 unspecified atom stereocenters. The Morgan fingerprint density at radius 1 is 1.31 bits per heavy atom. The molecule has 0 spiro atoms. The van der Waals surface area contributed by atoms with Gasteiger partial charge in [0.05, 0.1) is 17.3 Å². The van der Waals surface area contributed by atoms with Gasteiger partial charge in [-0.25, -0.2) is 4.98 Å². The van der Waals surface area contributed by atoms with Gasteiger partial charge in [0.25, 0.3) is 0 Å². The molecular weight excluding hydrogens is 497 g/mol. The second-order valence-electron chi connectivity index (χ2n) is 8.11.